The van der Waals surface area contributed by atoms with Crippen LogP contribution >= 0.6 is 0 Å². The zero-order valence-electron chi connectivity index (χ0n) is 6.37. The molecule has 1 saturated carbocycles. The van der Waals surface area contributed by atoms with Crippen LogP contribution in [0.5, 0.6) is 0 Å². The molecule has 1 fully saturated rings. The van der Waals surface area contributed by atoms with Gasteiger partial charge in [-0.1, -0.05) is 13.8 Å². The van der Waals surface area contributed by atoms with E-state index in [2.05, 4.69) is 0 Å². The molecule has 0 aromatic rings. The SMILES string of the molecule is CC1(C)[C@H](C(=O)O)[C@H]1C(=O)O. The van der Waals surface area contributed by atoms with E-state index in [0.717, 1.165) is 0 Å². The van der Waals surface area contributed by atoms with Gasteiger partial charge in [0.2, 0.25) is 0 Å². The lowest BCUT2D eigenvalue weighted by molar-refractivity contribution is -0.144. The van der Waals surface area contributed by atoms with Gasteiger partial charge in [-0.15, -0.1) is 0 Å². The summed E-state index contributed by atoms with van der Waals surface area (Å²) in [5.41, 5.74) is -0.572. The molecule has 0 heterocycles. The molecule has 4 heteroatoms. The van der Waals surface area contributed by atoms with Crippen molar-refractivity contribution in [3.8, 4) is 0 Å². The molecule has 2 N–H and O–H groups in total. The van der Waals surface area contributed by atoms with Gasteiger partial charge in [-0.3, -0.25) is 9.59 Å². The molecule has 0 unspecified atom stereocenters. The summed E-state index contributed by atoms with van der Waals surface area (Å²) < 4.78 is 0. The van der Waals surface area contributed by atoms with Crippen molar-refractivity contribution in [3.63, 3.8) is 0 Å². The topological polar surface area (TPSA) is 74.6 Å². The summed E-state index contributed by atoms with van der Waals surface area (Å²) in [5.74, 6) is -3.44. The lowest BCUT2D eigenvalue weighted by Gasteiger charge is -1.95. The fourth-order valence-electron chi connectivity index (χ4n) is 1.56. The summed E-state index contributed by atoms with van der Waals surface area (Å²) in [4.78, 5) is 20.9. The van der Waals surface area contributed by atoms with Gasteiger partial charge in [0.05, 0.1) is 11.8 Å². The number of carbonyl (C=O) groups is 2. The standard InChI is InChI=1S/C7H10O4/c1-7(2)3(5(8)9)4(7)6(10)11/h3-4H,1-2H3,(H,8,9)(H,10,11)/t3-,4-/m0/s1. The van der Waals surface area contributed by atoms with Gasteiger partial charge >= 0.3 is 11.9 Å². The molecule has 0 radical (unpaired) electrons. The van der Waals surface area contributed by atoms with Gasteiger partial charge in [0.25, 0.3) is 0 Å². The lowest BCUT2D eigenvalue weighted by Crippen LogP contribution is -2.05. The van der Waals surface area contributed by atoms with Gasteiger partial charge in [-0.2, -0.15) is 0 Å². The highest BCUT2D eigenvalue weighted by Gasteiger charge is 2.66. The maximum Gasteiger partial charge on any atom is 0.307 e. The Bertz CT molecular complexity index is 196. The van der Waals surface area contributed by atoms with Crippen LogP contribution in [-0.2, 0) is 9.59 Å². The van der Waals surface area contributed by atoms with Gasteiger partial charge in [-0.05, 0) is 5.41 Å². The zero-order chi connectivity index (χ0) is 8.81. The van der Waals surface area contributed by atoms with E-state index >= 15 is 0 Å². The predicted octanol–water partition coefficient (Wildman–Crippen LogP) is 0.428. The predicted molar refractivity (Wildman–Crippen MR) is 36.0 cm³/mol. The fraction of sp³-hybridized carbons (Fsp3) is 0.714. The molecule has 0 aromatic heterocycles. The molecule has 2 atom stereocenters. The summed E-state index contributed by atoms with van der Waals surface area (Å²) in [6.45, 7) is 3.31. The van der Waals surface area contributed by atoms with E-state index in [1.54, 1.807) is 13.8 Å². The highest BCUT2D eigenvalue weighted by molar-refractivity contribution is 5.87. The fourth-order valence-corrected chi connectivity index (χ4v) is 1.56. The second kappa shape index (κ2) is 1.96. The average molecular weight is 158 g/mol. The second-order valence-electron chi connectivity index (χ2n) is 3.45. The zero-order valence-corrected chi connectivity index (χ0v) is 6.37. The Morgan fingerprint density at radius 3 is 1.45 bits per heavy atom. The molecule has 0 saturated heterocycles. The van der Waals surface area contributed by atoms with E-state index < -0.39 is 29.2 Å². The maximum absolute atomic E-state index is 10.4. The van der Waals surface area contributed by atoms with Gasteiger partial charge in [0, 0.05) is 0 Å². The minimum absolute atomic E-state index is 0.572. The van der Waals surface area contributed by atoms with E-state index in [0.29, 0.717) is 0 Å². The quantitative estimate of drug-likeness (QED) is 0.611. The third-order valence-corrected chi connectivity index (χ3v) is 2.36. The van der Waals surface area contributed by atoms with E-state index in [1.807, 2.05) is 0 Å². The molecule has 0 amide bonds. The Morgan fingerprint density at radius 2 is 1.36 bits per heavy atom. The first-order valence-corrected chi connectivity index (χ1v) is 3.34. The lowest BCUT2D eigenvalue weighted by atomic mass is 10.1. The number of rotatable bonds is 2. The van der Waals surface area contributed by atoms with Crippen molar-refractivity contribution in [2.45, 2.75) is 13.8 Å². The molecule has 0 spiro atoms. The van der Waals surface area contributed by atoms with E-state index in [-0.39, 0.29) is 0 Å². The molecule has 1 aliphatic rings. The van der Waals surface area contributed by atoms with Crippen molar-refractivity contribution in [1.29, 1.82) is 0 Å². The van der Waals surface area contributed by atoms with Crippen molar-refractivity contribution in [2.75, 3.05) is 0 Å². The molecule has 4 nitrogen and oxygen atoms in total. The molecule has 62 valence electrons. The number of hydrogen-bond acceptors (Lipinski definition) is 2. The number of carboxylic acid groups (broad SMARTS) is 2. The summed E-state index contributed by atoms with van der Waals surface area (Å²) in [6, 6.07) is 0. The Balaban J connectivity index is 2.76. The molecule has 1 aliphatic carbocycles. The third kappa shape index (κ3) is 0.982. The van der Waals surface area contributed by atoms with Crippen LogP contribution in [0.2, 0.25) is 0 Å². The molecule has 0 bridgehead atoms. The first-order chi connectivity index (χ1) is 4.89. The summed E-state index contributed by atoms with van der Waals surface area (Å²) >= 11 is 0. The average Bonchev–Trinajstić information content (AvgIpc) is 2.33. The Morgan fingerprint density at radius 1 is 1.09 bits per heavy atom. The van der Waals surface area contributed by atoms with Crippen molar-refractivity contribution >= 4 is 11.9 Å². The summed E-state index contributed by atoms with van der Waals surface area (Å²) in [5, 5.41) is 17.1. The summed E-state index contributed by atoms with van der Waals surface area (Å²) in [6.07, 6.45) is 0. The Hall–Kier alpha value is -1.06. The van der Waals surface area contributed by atoms with Gasteiger partial charge in [0.1, 0.15) is 0 Å². The van der Waals surface area contributed by atoms with E-state index in [4.69, 9.17) is 10.2 Å². The van der Waals surface area contributed by atoms with Crippen molar-refractivity contribution in [3.05, 3.63) is 0 Å². The van der Waals surface area contributed by atoms with Gasteiger partial charge < -0.3 is 10.2 Å². The van der Waals surface area contributed by atoms with Crippen LogP contribution in [0, 0.1) is 17.3 Å². The second-order valence-corrected chi connectivity index (χ2v) is 3.45. The van der Waals surface area contributed by atoms with Gasteiger partial charge in [-0.25, -0.2) is 0 Å². The van der Waals surface area contributed by atoms with Crippen LogP contribution in [0.4, 0.5) is 0 Å². The van der Waals surface area contributed by atoms with Crippen LogP contribution in [0.25, 0.3) is 0 Å². The number of carboxylic acids is 2. The molecule has 1 rings (SSSR count). The minimum Gasteiger partial charge on any atom is -0.481 e. The normalized spacial score (nSPS) is 32.9. The first kappa shape index (κ1) is 8.04. The molecular weight excluding hydrogens is 148 g/mol. The molecule has 11 heavy (non-hydrogen) atoms. The van der Waals surface area contributed by atoms with Crippen LogP contribution < -0.4 is 0 Å². The molecular formula is C7H10O4. The third-order valence-electron chi connectivity index (χ3n) is 2.36. The Labute approximate surface area is 63.8 Å². The van der Waals surface area contributed by atoms with Crippen molar-refractivity contribution < 1.29 is 19.8 Å². The number of hydrogen-bond donors (Lipinski definition) is 2. The maximum atomic E-state index is 10.4. The van der Waals surface area contributed by atoms with Crippen molar-refractivity contribution in [1.82, 2.24) is 0 Å². The Kier molecular flexibility index (Phi) is 1.44. The van der Waals surface area contributed by atoms with Gasteiger partial charge in [0.15, 0.2) is 0 Å². The van der Waals surface area contributed by atoms with E-state index in [1.165, 1.54) is 0 Å². The van der Waals surface area contributed by atoms with Crippen molar-refractivity contribution in [2.24, 2.45) is 17.3 Å². The summed E-state index contributed by atoms with van der Waals surface area (Å²) in [7, 11) is 0. The largest absolute Gasteiger partial charge is 0.481 e. The van der Waals surface area contributed by atoms with Crippen LogP contribution in [0.15, 0.2) is 0 Å². The first-order valence-electron chi connectivity index (χ1n) is 3.34. The highest BCUT2D eigenvalue weighted by atomic mass is 16.4. The molecule has 0 aromatic carbocycles. The van der Waals surface area contributed by atoms with Crippen LogP contribution in [-0.4, -0.2) is 22.2 Å². The van der Waals surface area contributed by atoms with E-state index in [9.17, 15) is 9.59 Å². The number of aliphatic carboxylic acids is 2. The molecule has 0 aliphatic heterocycles. The smallest absolute Gasteiger partial charge is 0.307 e. The highest BCUT2D eigenvalue weighted by Crippen LogP contribution is 2.58. The monoisotopic (exact) mass is 158 g/mol. The van der Waals surface area contributed by atoms with Crippen LogP contribution in [0.1, 0.15) is 13.8 Å². The minimum atomic E-state index is -1.01. The van der Waals surface area contributed by atoms with Crippen LogP contribution in [0.3, 0.4) is 0 Å².